The quantitative estimate of drug-likeness (QED) is 0.101. The van der Waals surface area contributed by atoms with Gasteiger partial charge in [-0.05, 0) is 64.3 Å². The Morgan fingerprint density at radius 3 is 1.20 bits per heavy atom. The summed E-state index contributed by atoms with van der Waals surface area (Å²) in [4.78, 5) is 28.5. The van der Waals surface area contributed by atoms with Crippen molar-refractivity contribution < 1.29 is 20.1 Å². The van der Waals surface area contributed by atoms with Gasteiger partial charge in [-0.3, -0.25) is 0 Å². The molecule has 340 valence electrons. The van der Waals surface area contributed by atoms with Crippen LogP contribution in [0, 0.1) is 18.2 Å². The first-order chi connectivity index (χ1) is 34.6. The second-order valence-electron chi connectivity index (χ2n) is 17.2. The van der Waals surface area contributed by atoms with Gasteiger partial charge in [0.15, 0.2) is 17.5 Å². The van der Waals surface area contributed by atoms with Crippen LogP contribution >= 0.6 is 0 Å². The molecule has 0 bridgehead atoms. The molecule has 0 spiro atoms. The van der Waals surface area contributed by atoms with E-state index in [1.54, 1.807) is 0 Å². The predicted octanol–water partition coefficient (Wildman–Crippen LogP) is 14.4. The predicted molar refractivity (Wildman–Crippen MR) is 281 cm³/mol. The molecule has 0 aliphatic heterocycles. The first-order valence-electron chi connectivity index (χ1n) is 23.6. The molecule has 71 heavy (non-hydrogen) atoms. The molecule has 6 nitrogen and oxygen atoms in total. The van der Waals surface area contributed by atoms with Gasteiger partial charge in [-0.25, -0.2) is 15.0 Å². The van der Waals surface area contributed by atoms with Crippen molar-refractivity contribution in [2.24, 2.45) is 0 Å². The summed E-state index contributed by atoms with van der Waals surface area (Å²) < 4.78 is 0. The molecule has 0 N–H and O–H groups in total. The minimum Gasteiger partial charge on any atom is -0.305 e. The van der Waals surface area contributed by atoms with E-state index < -0.39 is 0 Å². The summed E-state index contributed by atoms with van der Waals surface area (Å²) in [5, 5.41) is 0. The van der Waals surface area contributed by atoms with Gasteiger partial charge in [0.05, 0.1) is 0 Å². The number of benzene rings is 7. The molecule has 0 aliphatic rings. The molecular weight excluding hydrogens is 1040 g/mol. The molecule has 0 aliphatic carbocycles. The zero-order valence-corrected chi connectivity index (χ0v) is 41.1. The van der Waals surface area contributed by atoms with Crippen LogP contribution in [0.15, 0.2) is 225 Å². The van der Waals surface area contributed by atoms with Crippen molar-refractivity contribution in [2.45, 2.75) is 25.7 Å². The van der Waals surface area contributed by atoms with Crippen LogP contribution < -0.4 is 0 Å². The minimum atomic E-state index is 0. The van der Waals surface area contributed by atoms with E-state index >= 15 is 0 Å². The number of rotatable bonds is 14. The zero-order chi connectivity index (χ0) is 46.9. The van der Waals surface area contributed by atoms with E-state index in [1.165, 1.54) is 33.4 Å². The van der Waals surface area contributed by atoms with E-state index in [0.29, 0.717) is 17.5 Å². The molecule has 11 rings (SSSR count). The van der Waals surface area contributed by atoms with E-state index in [4.69, 9.17) is 19.9 Å². The monoisotopic (exact) mass is 1090 g/mol. The van der Waals surface area contributed by atoms with Gasteiger partial charge in [0.25, 0.3) is 0 Å². The smallest absolute Gasteiger partial charge is 0.305 e. The largest absolute Gasteiger partial charge is 3.00 e. The van der Waals surface area contributed by atoms with Gasteiger partial charge >= 0.3 is 20.1 Å². The van der Waals surface area contributed by atoms with Gasteiger partial charge in [-0.15, -0.1) is 101 Å². The molecule has 0 atom stereocenters. The second-order valence-corrected chi connectivity index (χ2v) is 17.2. The van der Waals surface area contributed by atoms with E-state index in [-0.39, 0.29) is 20.1 Å². The molecule has 0 radical (unpaired) electrons. The van der Waals surface area contributed by atoms with E-state index in [0.717, 1.165) is 87.3 Å². The average Bonchev–Trinajstić information content (AvgIpc) is 3.45. The fraction of sp³-hybridized carbons (Fsp3) is 0.0625. The van der Waals surface area contributed by atoms with Crippen LogP contribution in [-0.2, 0) is 45.8 Å². The molecule has 7 aromatic carbocycles. The fourth-order valence-electron chi connectivity index (χ4n) is 8.73. The zero-order valence-electron chi connectivity index (χ0n) is 38.7. The molecule has 0 unspecified atom stereocenters. The minimum absolute atomic E-state index is 0. The van der Waals surface area contributed by atoms with Gasteiger partial charge in [0.2, 0.25) is 0 Å². The average molecular weight is 1090 g/mol. The Morgan fingerprint density at radius 2 is 0.746 bits per heavy atom. The van der Waals surface area contributed by atoms with Gasteiger partial charge < -0.3 is 15.0 Å². The molecular formula is C64H45IrN6. The molecule has 0 fully saturated rings. The molecule has 11 aromatic rings. The van der Waals surface area contributed by atoms with Gasteiger partial charge in [0, 0.05) is 35.3 Å². The van der Waals surface area contributed by atoms with E-state index in [1.807, 2.05) is 128 Å². The van der Waals surface area contributed by atoms with Crippen molar-refractivity contribution in [2.75, 3.05) is 0 Å². The summed E-state index contributed by atoms with van der Waals surface area (Å²) in [7, 11) is 0. The Kier molecular flexibility index (Phi) is 14.3. The van der Waals surface area contributed by atoms with Gasteiger partial charge in [-0.2, -0.15) is 0 Å². The second kappa shape index (κ2) is 21.9. The number of hydrogen-bond donors (Lipinski definition) is 0. The maximum atomic E-state index is 4.89. The van der Waals surface area contributed by atoms with Crippen molar-refractivity contribution in [3.8, 4) is 90.2 Å². The molecule has 4 heterocycles. The van der Waals surface area contributed by atoms with Crippen LogP contribution in [0.2, 0.25) is 0 Å². The van der Waals surface area contributed by atoms with Crippen LogP contribution in [0.3, 0.4) is 0 Å². The molecule has 0 saturated carbocycles. The van der Waals surface area contributed by atoms with Crippen molar-refractivity contribution >= 4 is 0 Å². The fourth-order valence-corrected chi connectivity index (χ4v) is 8.73. The Hall–Kier alpha value is -8.35. The summed E-state index contributed by atoms with van der Waals surface area (Å²) in [5.74, 6) is 1.80. The molecule has 4 aromatic heterocycles. The van der Waals surface area contributed by atoms with Crippen molar-refractivity contribution in [3.05, 3.63) is 265 Å². The van der Waals surface area contributed by atoms with Crippen LogP contribution in [0.4, 0.5) is 0 Å². The Balaban J connectivity index is 0.00000582. The number of hydrogen-bond acceptors (Lipinski definition) is 6. The first kappa shape index (κ1) is 46.4. The summed E-state index contributed by atoms with van der Waals surface area (Å²) in [6.07, 6.45) is 9.08. The third-order valence-corrected chi connectivity index (χ3v) is 12.5. The Bertz CT molecular complexity index is 3320. The van der Waals surface area contributed by atoms with Crippen molar-refractivity contribution in [1.82, 2.24) is 29.9 Å². The maximum Gasteiger partial charge on any atom is 3.00 e. The standard InChI is InChI=1S/C64H45N6.Ir/c1-3-13-53(14-4-1)62-68-63(54-15-5-2-6-16-54)70-64(69-62)55-37-38-61(67-44-55)52-35-33-49(34-36-52)57-17-7-8-18-58(57)56-42-47(23-21-45-25-29-50(30-26-45)59-19-9-11-39-65-59)41-48(43-56)24-22-46-27-31-51(32-28-46)60-20-10-12-40-66-60;/h1-20,25-29,31,33-35,37-44H,21-24H2;/q-3;+3. The summed E-state index contributed by atoms with van der Waals surface area (Å²) in [6, 6.07) is 81.5. The summed E-state index contributed by atoms with van der Waals surface area (Å²) in [6.45, 7) is 0. The van der Waals surface area contributed by atoms with Crippen LogP contribution in [0.1, 0.15) is 22.3 Å². The maximum absolute atomic E-state index is 4.89. The Morgan fingerprint density at radius 1 is 0.310 bits per heavy atom. The van der Waals surface area contributed by atoms with Crippen molar-refractivity contribution in [3.63, 3.8) is 0 Å². The number of aromatic nitrogens is 6. The SMILES string of the molecule is [Ir+3].[c-]1cc(CCc2cc(CCc3c[c-]c(-c4ccccn4)cc3)cc(-c3ccccc3-c3c[c-]c(-c4ccc(-c5nc(-c6ccccc6)nc(-c6ccccc6)n5)cn4)cc3)c2)ccc1-c1ccccn1. The van der Waals surface area contributed by atoms with E-state index in [9.17, 15) is 0 Å². The number of nitrogens with zero attached hydrogens (tertiary/aromatic N) is 6. The third-order valence-electron chi connectivity index (χ3n) is 12.5. The molecule has 0 saturated heterocycles. The normalized spacial score (nSPS) is 10.9. The van der Waals surface area contributed by atoms with Crippen LogP contribution in [0.5, 0.6) is 0 Å². The van der Waals surface area contributed by atoms with Crippen LogP contribution in [0.25, 0.3) is 90.2 Å². The van der Waals surface area contributed by atoms with Crippen LogP contribution in [-0.4, -0.2) is 29.9 Å². The van der Waals surface area contributed by atoms with Gasteiger partial charge in [-0.1, -0.05) is 163 Å². The molecule has 7 heteroatoms. The number of pyridine rings is 3. The van der Waals surface area contributed by atoms with Gasteiger partial charge in [0.1, 0.15) is 0 Å². The number of aryl methyl sites for hydroxylation is 4. The molecule has 0 amide bonds. The van der Waals surface area contributed by atoms with E-state index in [2.05, 4.69) is 125 Å². The topological polar surface area (TPSA) is 77.3 Å². The first-order valence-corrected chi connectivity index (χ1v) is 23.6. The summed E-state index contributed by atoms with van der Waals surface area (Å²) >= 11 is 0. The summed E-state index contributed by atoms with van der Waals surface area (Å²) in [5.41, 5.74) is 17.9. The third kappa shape index (κ3) is 11.1. The Labute approximate surface area is 428 Å². The van der Waals surface area contributed by atoms with Crippen molar-refractivity contribution in [1.29, 1.82) is 0 Å².